The van der Waals surface area contributed by atoms with Crippen molar-refractivity contribution >= 4 is 5.91 Å². The van der Waals surface area contributed by atoms with E-state index in [4.69, 9.17) is 0 Å². The number of carbonyl (C=O) groups excluding carboxylic acids is 1. The Morgan fingerprint density at radius 3 is 2.74 bits per heavy atom. The van der Waals surface area contributed by atoms with Gasteiger partial charge in [0.15, 0.2) is 0 Å². The van der Waals surface area contributed by atoms with Gasteiger partial charge in [0.25, 0.3) is 5.91 Å². The zero-order chi connectivity index (χ0) is 16.2. The molecule has 0 saturated carbocycles. The van der Waals surface area contributed by atoms with E-state index < -0.39 is 0 Å². The first-order valence-corrected chi connectivity index (χ1v) is 8.19. The first-order valence-electron chi connectivity index (χ1n) is 8.19. The van der Waals surface area contributed by atoms with Crippen molar-refractivity contribution in [1.82, 2.24) is 20.0 Å². The Labute approximate surface area is 137 Å². The molecule has 1 aromatic heterocycles. The summed E-state index contributed by atoms with van der Waals surface area (Å²) in [7, 11) is 0. The maximum Gasteiger partial charge on any atom is 0.274 e. The second-order valence-corrected chi connectivity index (χ2v) is 6.51. The van der Waals surface area contributed by atoms with Crippen LogP contribution in [0, 0.1) is 12.8 Å². The molecule has 1 saturated heterocycles. The first-order chi connectivity index (χ1) is 11.1. The zero-order valence-corrected chi connectivity index (χ0v) is 13.8. The zero-order valence-electron chi connectivity index (χ0n) is 13.8. The van der Waals surface area contributed by atoms with E-state index in [1.165, 1.54) is 5.56 Å². The van der Waals surface area contributed by atoms with E-state index in [1.807, 2.05) is 24.0 Å². The maximum absolute atomic E-state index is 12.6. The number of hydrogen-bond donors (Lipinski definition) is 1. The van der Waals surface area contributed by atoms with E-state index >= 15 is 0 Å². The number of nitrogens with one attached hydrogen (secondary N) is 1. The number of nitrogens with zero attached hydrogens (tertiary/aromatic N) is 3. The predicted octanol–water partition coefficient (Wildman–Crippen LogP) is 2.31. The van der Waals surface area contributed by atoms with Crippen LogP contribution >= 0.6 is 0 Å². The van der Waals surface area contributed by atoms with E-state index in [0.29, 0.717) is 11.6 Å². The second kappa shape index (κ2) is 6.96. The smallest absolute Gasteiger partial charge is 0.274 e. The van der Waals surface area contributed by atoms with Gasteiger partial charge in [-0.2, -0.15) is 5.10 Å². The number of aromatic amines is 1. The standard InChI is InChI=1S/C18H24N4O/c1-14-11-21(13-16-6-4-3-5-7-16)8-9-22(12-14)18(23)17-10-15(2)19-20-17/h3-7,10,14H,8-9,11-13H2,1-2H3,(H,19,20). The third-order valence-corrected chi connectivity index (χ3v) is 4.25. The summed E-state index contributed by atoms with van der Waals surface area (Å²) in [5, 5.41) is 6.95. The molecule has 1 aliphatic rings. The van der Waals surface area contributed by atoms with Gasteiger partial charge >= 0.3 is 0 Å². The molecule has 1 fully saturated rings. The highest BCUT2D eigenvalue weighted by Crippen LogP contribution is 2.14. The summed E-state index contributed by atoms with van der Waals surface area (Å²) in [6.07, 6.45) is 0. The van der Waals surface area contributed by atoms with Crippen molar-refractivity contribution in [3.8, 4) is 0 Å². The van der Waals surface area contributed by atoms with Crippen LogP contribution in [0.1, 0.15) is 28.7 Å². The van der Waals surface area contributed by atoms with Crippen LogP contribution < -0.4 is 0 Å². The van der Waals surface area contributed by atoms with Gasteiger partial charge in [-0.05, 0) is 24.5 Å². The lowest BCUT2D eigenvalue weighted by molar-refractivity contribution is 0.0742. The molecular weight excluding hydrogens is 288 g/mol. The first kappa shape index (κ1) is 15.7. The van der Waals surface area contributed by atoms with Gasteiger partial charge in [0.2, 0.25) is 0 Å². The van der Waals surface area contributed by atoms with Crippen molar-refractivity contribution in [1.29, 1.82) is 0 Å². The Balaban J connectivity index is 1.65. The molecule has 3 rings (SSSR count). The lowest BCUT2D eigenvalue weighted by Gasteiger charge is -2.21. The van der Waals surface area contributed by atoms with E-state index in [-0.39, 0.29) is 5.91 Å². The van der Waals surface area contributed by atoms with Gasteiger partial charge in [-0.15, -0.1) is 0 Å². The van der Waals surface area contributed by atoms with Gasteiger partial charge in [0, 0.05) is 38.4 Å². The van der Waals surface area contributed by atoms with Crippen molar-refractivity contribution in [3.05, 3.63) is 53.3 Å². The Hall–Kier alpha value is -2.14. The molecule has 1 aromatic carbocycles. The molecule has 23 heavy (non-hydrogen) atoms. The normalized spacial score (nSPS) is 19.6. The second-order valence-electron chi connectivity index (χ2n) is 6.51. The molecule has 1 atom stereocenters. The average molecular weight is 312 g/mol. The van der Waals surface area contributed by atoms with Crippen LogP contribution in [-0.4, -0.2) is 52.1 Å². The van der Waals surface area contributed by atoms with E-state index in [2.05, 4.69) is 46.3 Å². The molecule has 5 heteroatoms. The van der Waals surface area contributed by atoms with Crippen LogP contribution in [0.5, 0.6) is 0 Å². The topological polar surface area (TPSA) is 52.2 Å². The number of H-pyrrole nitrogens is 1. The lowest BCUT2D eigenvalue weighted by atomic mass is 10.1. The number of benzene rings is 1. The van der Waals surface area contributed by atoms with Gasteiger partial charge in [-0.25, -0.2) is 0 Å². The van der Waals surface area contributed by atoms with E-state index in [0.717, 1.165) is 38.4 Å². The van der Waals surface area contributed by atoms with Crippen LogP contribution in [0.3, 0.4) is 0 Å². The number of aromatic nitrogens is 2. The monoisotopic (exact) mass is 312 g/mol. The number of carbonyl (C=O) groups is 1. The molecule has 1 aliphatic heterocycles. The maximum atomic E-state index is 12.6. The number of rotatable bonds is 3. The number of aryl methyl sites for hydroxylation is 1. The largest absolute Gasteiger partial charge is 0.336 e. The fourth-order valence-corrected chi connectivity index (χ4v) is 3.18. The highest BCUT2D eigenvalue weighted by molar-refractivity contribution is 5.92. The summed E-state index contributed by atoms with van der Waals surface area (Å²) in [6, 6.07) is 12.3. The quantitative estimate of drug-likeness (QED) is 0.946. The summed E-state index contributed by atoms with van der Waals surface area (Å²) in [4.78, 5) is 17.0. The Morgan fingerprint density at radius 2 is 2.04 bits per heavy atom. The summed E-state index contributed by atoms with van der Waals surface area (Å²) in [5.41, 5.74) is 2.76. The molecular formula is C18H24N4O. The van der Waals surface area contributed by atoms with Crippen LogP contribution in [0.25, 0.3) is 0 Å². The van der Waals surface area contributed by atoms with Gasteiger partial charge < -0.3 is 4.90 Å². The molecule has 5 nitrogen and oxygen atoms in total. The third-order valence-electron chi connectivity index (χ3n) is 4.25. The highest BCUT2D eigenvalue weighted by Gasteiger charge is 2.25. The summed E-state index contributed by atoms with van der Waals surface area (Å²) < 4.78 is 0. The average Bonchev–Trinajstić information content (AvgIpc) is 2.89. The molecule has 1 N–H and O–H groups in total. The van der Waals surface area contributed by atoms with Crippen molar-refractivity contribution in [3.63, 3.8) is 0 Å². The molecule has 0 radical (unpaired) electrons. The van der Waals surface area contributed by atoms with Crippen molar-refractivity contribution in [2.45, 2.75) is 20.4 Å². The highest BCUT2D eigenvalue weighted by atomic mass is 16.2. The van der Waals surface area contributed by atoms with Crippen LogP contribution in [0.15, 0.2) is 36.4 Å². The molecule has 2 aromatic rings. The fraction of sp³-hybridized carbons (Fsp3) is 0.444. The Morgan fingerprint density at radius 1 is 1.26 bits per heavy atom. The van der Waals surface area contributed by atoms with Crippen molar-refractivity contribution in [2.75, 3.05) is 26.2 Å². The molecule has 122 valence electrons. The van der Waals surface area contributed by atoms with Gasteiger partial charge in [-0.1, -0.05) is 37.3 Å². The Kier molecular flexibility index (Phi) is 4.76. The molecule has 1 amide bonds. The third kappa shape index (κ3) is 3.99. The van der Waals surface area contributed by atoms with E-state index in [1.54, 1.807) is 0 Å². The Bertz CT molecular complexity index is 652. The lowest BCUT2D eigenvalue weighted by Crippen LogP contribution is -2.36. The minimum absolute atomic E-state index is 0.0303. The molecule has 0 bridgehead atoms. The van der Waals surface area contributed by atoms with Crippen LogP contribution in [-0.2, 0) is 6.54 Å². The number of amides is 1. The molecule has 0 aliphatic carbocycles. The molecule has 1 unspecified atom stereocenters. The van der Waals surface area contributed by atoms with Gasteiger partial charge in [-0.3, -0.25) is 14.8 Å². The van der Waals surface area contributed by atoms with Crippen LogP contribution in [0.2, 0.25) is 0 Å². The molecule has 2 heterocycles. The fourth-order valence-electron chi connectivity index (χ4n) is 3.18. The summed E-state index contributed by atoms with van der Waals surface area (Å²) in [5.74, 6) is 0.480. The van der Waals surface area contributed by atoms with Crippen LogP contribution in [0.4, 0.5) is 0 Å². The minimum atomic E-state index is 0.0303. The van der Waals surface area contributed by atoms with Crippen molar-refractivity contribution in [2.24, 2.45) is 5.92 Å². The minimum Gasteiger partial charge on any atom is -0.336 e. The van der Waals surface area contributed by atoms with Gasteiger partial charge in [0.05, 0.1) is 0 Å². The predicted molar refractivity (Wildman–Crippen MR) is 90.1 cm³/mol. The summed E-state index contributed by atoms with van der Waals surface area (Å²) in [6.45, 7) is 8.51. The SMILES string of the molecule is Cc1cc(C(=O)N2CCN(Cc3ccccc3)CC(C)C2)n[nH]1. The van der Waals surface area contributed by atoms with Gasteiger partial charge in [0.1, 0.15) is 5.69 Å². The van der Waals surface area contributed by atoms with Crippen molar-refractivity contribution < 1.29 is 4.79 Å². The molecule has 0 spiro atoms. The number of hydrogen-bond acceptors (Lipinski definition) is 3. The van der Waals surface area contributed by atoms with E-state index in [9.17, 15) is 4.79 Å². The summed E-state index contributed by atoms with van der Waals surface area (Å²) >= 11 is 0.